The summed E-state index contributed by atoms with van der Waals surface area (Å²) in [5.41, 5.74) is 1.52. The molecule has 112 valence electrons. The van der Waals surface area contributed by atoms with Crippen molar-refractivity contribution in [3.05, 3.63) is 21.4 Å². The van der Waals surface area contributed by atoms with Gasteiger partial charge in [-0.2, -0.15) is 0 Å². The first-order valence-electron chi connectivity index (χ1n) is 7.91. The fraction of sp³-hybridized carbons (Fsp3) is 0.750. The number of fused-ring (bicyclic) bond motifs is 2. The van der Waals surface area contributed by atoms with Crippen molar-refractivity contribution in [1.29, 1.82) is 0 Å². The zero-order valence-electron chi connectivity index (χ0n) is 12.7. The van der Waals surface area contributed by atoms with E-state index in [1.165, 1.54) is 34.6 Å². The number of ether oxygens (including phenoxy) is 1. The number of hydrogen-bond acceptors (Lipinski definition) is 4. The molecule has 0 spiro atoms. The number of likely N-dealkylation sites (tertiary alicyclic amines) is 1. The van der Waals surface area contributed by atoms with Crippen LogP contribution in [0.4, 0.5) is 0 Å². The molecule has 2 fully saturated rings. The molecule has 2 atom stereocenters. The van der Waals surface area contributed by atoms with Crippen LogP contribution in [0.3, 0.4) is 0 Å². The lowest BCUT2D eigenvalue weighted by atomic mass is 10.2. The number of aryl methyl sites for hydroxylation is 1. The molecule has 2 unspecified atom stereocenters. The van der Waals surface area contributed by atoms with Gasteiger partial charge in [0.2, 0.25) is 0 Å². The van der Waals surface area contributed by atoms with Gasteiger partial charge in [-0.1, -0.05) is 6.92 Å². The van der Waals surface area contributed by atoms with Gasteiger partial charge >= 0.3 is 0 Å². The second-order valence-electron chi connectivity index (χ2n) is 6.12. The van der Waals surface area contributed by atoms with Gasteiger partial charge in [0.1, 0.15) is 0 Å². The summed E-state index contributed by atoms with van der Waals surface area (Å²) in [6.45, 7) is 9.95. The summed E-state index contributed by atoms with van der Waals surface area (Å²) < 4.78 is 5.92. The summed E-state index contributed by atoms with van der Waals surface area (Å²) in [4.78, 5) is 5.55. The lowest BCUT2D eigenvalue weighted by Gasteiger charge is -2.32. The van der Waals surface area contributed by atoms with Crippen LogP contribution in [0, 0.1) is 6.92 Å². The van der Waals surface area contributed by atoms with Crippen LogP contribution in [0.25, 0.3) is 0 Å². The van der Waals surface area contributed by atoms with Crippen molar-refractivity contribution in [3.8, 4) is 0 Å². The zero-order valence-corrected chi connectivity index (χ0v) is 13.5. The summed E-state index contributed by atoms with van der Waals surface area (Å²) in [6.07, 6.45) is 4.72. The van der Waals surface area contributed by atoms with E-state index in [9.17, 15) is 0 Å². The van der Waals surface area contributed by atoms with Crippen LogP contribution in [-0.4, -0.2) is 36.7 Å². The van der Waals surface area contributed by atoms with Gasteiger partial charge in [0.25, 0.3) is 0 Å². The van der Waals surface area contributed by atoms with Crippen molar-refractivity contribution in [3.63, 3.8) is 0 Å². The van der Waals surface area contributed by atoms with Crippen molar-refractivity contribution in [2.45, 2.75) is 58.4 Å². The highest BCUT2D eigenvalue weighted by atomic mass is 32.1. The molecule has 4 heteroatoms. The van der Waals surface area contributed by atoms with E-state index in [0.29, 0.717) is 12.2 Å². The Balaban J connectivity index is 1.57. The summed E-state index contributed by atoms with van der Waals surface area (Å²) in [5, 5.41) is 3.50. The Morgan fingerprint density at radius 2 is 2.10 bits per heavy atom. The Morgan fingerprint density at radius 1 is 1.35 bits per heavy atom. The number of morpholine rings is 1. The lowest BCUT2D eigenvalue weighted by molar-refractivity contribution is -0.0410. The minimum Gasteiger partial charge on any atom is -0.372 e. The van der Waals surface area contributed by atoms with E-state index < -0.39 is 0 Å². The molecule has 2 aliphatic heterocycles. The van der Waals surface area contributed by atoms with E-state index in [1.54, 1.807) is 0 Å². The average molecular weight is 294 g/mol. The van der Waals surface area contributed by atoms with Crippen LogP contribution in [0.2, 0.25) is 0 Å². The van der Waals surface area contributed by atoms with Crippen molar-refractivity contribution in [2.24, 2.45) is 0 Å². The Labute approximate surface area is 126 Å². The number of nitrogens with one attached hydrogen (secondary N) is 1. The maximum absolute atomic E-state index is 5.92. The van der Waals surface area contributed by atoms with Gasteiger partial charge in [-0.15, -0.1) is 11.3 Å². The molecule has 0 saturated carbocycles. The second kappa shape index (κ2) is 6.56. The summed E-state index contributed by atoms with van der Waals surface area (Å²) in [7, 11) is 0. The normalized spacial score (nSPS) is 26.3. The molecule has 2 saturated heterocycles. The zero-order chi connectivity index (χ0) is 13.9. The van der Waals surface area contributed by atoms with Gasteiger partial charge in [0.15, 0.2) is 0 Å². The largest absolute Gasteiger partial charge is 0.372 e. The van der Waals surface area contributed by atoms with Crippen LogP contribution in [0.5, 0.6) is 0 Å². The Bertz CT molecular complexity index is 434. The smallest absolute Gasteiger partial charge is 0.0707 e. The highest BCUT2D eigenvalue weighted by Gasteiger charge is 2.33. The Kier molecular flexibility index (Phi) is 4.76. The molecule has 2 bridgehead atoms. The molecular weight excluding hydrogens is 268 g/mol. The highest BCUT2D eigenvalue weighted by molar-refractivity contribution is 7.12. The predicted octanol–water partition coefficient (Wildman–Crippen LogP) is 2.92. The molecule has 0 aromatic carbocycles. The predicted molar refractivity (Wildman–Crippen MR) is 84.2 cm³/mol. The first kappa shape index (κ1) is 14.5. The van der Waals surface area contributed by atoms with Crippen LogP contribution < -0.4 is 5.32 Å². The third-order valence-electron chi connectivity index (χ3n) is 4.31. The van der Waals surface area contributed by atoms with Crippen molar-refractivity contribution < 1.29 is 4.74 Å². The van der Waals surface area contributed by atoms with Crippen LogP contribution >= 0.6 is 11.3 Å². The molecule has 0 radical (unpaired) electrons. The van der Waals surface area contributed by atoms with Gasteiger partial charge in [-0.3, -0.25) is 4.90 Å². The molecule has 0 amide bonds. The first-order chi connectivity index (χ1) is 9.74. The molecule has 1 aromatic rings. The maximum atomic E-state index is 5.92. The van der Waals surface area contributed by atoms with Crippen LogP contribution in [0.1, 0.15) is 41.5 Å². The van der Waals surface area contributed by atoms with Crippen molar-refractivity contribution in [2.75, 3.05) is 19.6 Å². The Hall–Kier alpha value is -0.420. The molecule has 3 nitrogen and oxygen atoms in total. The third kappa shape index (κ3) is 3.42. The first-order valence-corrected chi connectivity index (χ1v) is 8.73. The SMILES string of the molecule is CCCNCc1cc(CN2CC3CCC(C2)O3)c(C)s1. The van der Waals surface area contributed by atoms with Gasteiger partial charge in [-0.05, 0) is 44.4 Å². The number of hydrogen-bond donors (Lipinski definition) is 1. The minimum atomic E-state index is 0.499. The standard InChI is InChI=1S/C16H26N2OS/c1-3-6-17-8-16-7-13(12(2)20-16)9-18-10-14-4-5-15(11-18)19-14/h7,14-15,17H,3-6,8-11H2,1-2H3. The van der Waals surface area contributed by atoms with Crippen molar-refractivity contribution in [1.82, 2.24) is 10.2 Å². The molecule has 0 aliphatic carbocycles. The molecular formula is C16H26N2OS. The second-order valence-corrected chi connectivity index (χ2v) is 7.46. The summed E-state index contributed by atoms with van der Waals surface area (Å²) >= 11 is 1.95. The molecule has 3 heterocycles. The van der Waals surface area contributed by atoms with Gasteiger partial charge in [0, 0.05) is 35.9 Å². The molecule has 2 aliphatic rings. The van der Waals surface area contributed by atoms with E-state index in [1.807, 2.05) is 11.3 Å². The summed E-state index contributed by atoms with van der Waals surface area (Å²) in [6, 6.07) is 2.40. The quantitative estimate of drug-likeness (QED) is 0.817. The monoisotopic (exact) mass is 294 g/mol. The van der Waals surface area contributed by atoms with E-state index in [2.05, 4.69) is 30.1 Å². The Morgan fingerprint density at radius 3 is 2.80 bits per heavy atom. The molecule has 20 heavy (non-hydrogen) atoms. The van der Waals surface area contributed by atoms with E-state index in [4.69, 9.17) is 4.74 Å². The van der Waals surface area contributed by atoms with Crippen LogP contribution in [0.15, 0.2) is 6.07 Å². The van der Waals surface area contributed by atoms with Crippen LogP contribution in [-0.2, 0) is 17.8 Å². The fourth-order valence-electron chi connectivity index (χ4n) is 3.29. The molecule has 1 N–H and O–H groups in total. The van der Waals surface area contributed by atoms with Gasteiger partial charge in [0.05, 0.1) is 12.2 Å². The highest BCUT2D eigenvalue weighted by Crippen LogP contribution is 2.29. The minimum absolute atomic E-state index is 0.499. The number of rotatable bonds is 6. The van der Waals surface area contributed by atoms with Gasteiger partial charge in [-0.25, -0.2) is 0 Å². The number of thiophene rings is 1. The fourth-order valence-corrected chi connectivity index (χ4v) is 4.31. The maximum Gasteiger partial charge on any atom is 0.0707 e. The number of nitrogens with zero attached hydrogens (tertiary/aromatic N) is 1. The van der Waals surface area contributed by atoms with E-state index >= 15 is 0 Å². The van der Waals surface area contributed by atoms with E-state index in [0.717, 1.165) is 32.7 Å². The average Bonchev–Trinajstić information content (AvgIpc) is 2.94. The summed E-state index contributed by atoms with van der Waals surface area (Å²) in [5.74, 6) is 0. The molecule has 3 rings (SSSR count). The van der Waals surface area contributed by atoms with Gasteiger partial charge < -0.3 is 10.1 Å². The lowest BCUT2D eigenvalue weighted by Crippen LogP contribution is -2.41. The van der Waals surface area contributed by atoms with Crippen molar-refractivity contribution >= 4 is 11.3 Å². The topological polar surface area (TPSA) is 24.5 Å². The molecule has 1 aromatic heterocycles. The van der Waals surface area contributed by atoms with E-state index in [-0.39, 0.29) is 0 Å². The third-order valence-corrected chi connectivity index (χ3v) is 5.40.